The fourth-order valence-corrected chi connectivity index (χ4v) is 1.80. The second-order valence-electron chi connectivity index (χ2n) is 4.46. The molecule has 0 atom stereocenters. The summed E-state index contributed by atoms with van der Waals surface area (Å²) in [5.41, 5.74) is 0.822. The molecule has 0 aliphatic heterocycles. The van der Waals surface area contributed by atoms with E-state index in [-0.39, 0.29) is 5.56 Å². The van der Waals surface area contributed by atoms with Crippen LogP contribution >= 0.6 is 0 Å². The van der Waals surface area contributed by atoms with Crippen LogP contribution in [-0.2, 0) is 6.54 Å². The summed E-state index contributed by atoms with van der Waals surface area (Å²) in [5, 5.41) is 3.13. The fourth-order valence-electron chi connectivity index (χ4n) is 1.80. The predicted molar refractivity (Wildman–Crippen MR) is 68.4 cm³/mol. The fraction of sp³-hybridized carbons (Fsp3) is 0.308. The van der Waals surface area contributed by atoms with Gasteiger partial charge in [-0.05, 0) is 25.0 Å². The van der Waals surface area contributed by atoms with Gasteiger partial charge in [0.25, 0.3) is 5.56 Å². The van der Waals surface area contributed by atoms with Crippen LogP contribution in [-0.4, -0.2) is 15.0 Å². The van der Waals surface area contributed by atoms with E-state index in [0.717, 1.165) is 24.4 Å². The van der Waals surface area contributed by atoms with Crippen molar-refractivity contribution in [1.82, 2.24) is 15.0 Å². The number of pyridine rings is 1. The highest BCUT2D eigenvalue weighted by molar-refractivity contribution is 5.34. The molecule has 0 amide bonds. The zero-order valence-corrected chi connectivity index (χ0v) is 9.89. The Balaban J connectivity index is 1.74. The van der Waals surface area contributed by atoms with Crippen molar-refractivity contribution < 1.29 is 0 Å². The van der Waals surface area contributed by atoms with Crippen molar-refractivity contribution in [2.75, 3.05) is 5.32 Å². The third-order valence-corrected chi connectivity index (χ3v) is 2.90. The number of nitrogens with one attached hydrogen (secondary N) is 2. The highest BCUT2D eigenvalue weighted by atomic mass is 16.1. The molecule has 5 heteroatoms. The van der Waals surface area contributed by atoms with Crippen LogP contribution in [0.1, 0.15) is 30.3 Å². The van der Waals surface area contributed by atoms with Gasteiger partial charge in [-0.2, -0.15) is 0 Å². The van der Waals surface area contributed by atoms with Crippen LogP contribution in [0, 0.1) is 0 Å². The Morgan fingerprint density at radius 1 is 1.39 bits per heavy atom. The lowest BCUT2D eigenvalue weighted by Gasteiger charge is -2.06. The topological polar surface area (TPSA) is 70.7 Å². The maximum Gasteiger partial charge on any atom is 0.252 e. The van der Waals surface area contributed by atoms with Crippen molar-refractivity contribution in [3.05, 3.63) is 52.3 Å². The van der Waals surface area contributed by atoms with Crippen molar-refractivity contribution >= 4 is 5.82 Å². The van der Waals surface area contributed by atoms with Crippen molar-refractivity contribution in [2.45, 2.75) is 25.3 Å². The summed E-state index contributed by atoms with van der Waals surface area (Å²) in [6.07, 6.45) is 3.98. The quantitative estimate of drug-likeness (QED) is 0.855. The smallest absolute Gasteiger partial charge is 0.252 e. The van der Waals surface area contributed by atoms with E-state index in [1.165, 1.54) is 6.07 Å². The first-order valence-electron chi connectivity index (χ1n) is 6.06. The highest BCUT2D eigenvalue weighted by Gasteiger charge is 2.26. The van der Waals surface area contributed by atoms with E-state index in [0.29, 0.717) is 18.3 Å². The highest BCUT2D eigenvalue weighted by Crippen LogP contribution is 2.37. The molecule has 1 fully saturated rings. The molecule has 92 valence electrons. The summed E-state index contributed by atoms with van der Waals surface area (Å²) in [5.74, 6) is 1.85. The largest absolute Gasteiger partial charge is 0.364 e. The van der Waals surface area contributed by atoms with Crippen LogP contribution in [0.4, 0.5) is 5.82 Å². The first-order valence-corrected chi connectivity index (χ1v) is 6.06. The van der Waals surface area contributed by atoms with Crippen LogP contribution in [0.15, 0.2) is 35.3 Å². The summed E-state index contributed by atoms with van der Waals surface area (Å²) in [7, 11) is 0. The van der Waals surface area contributed by atoms with E-state index < -0.39 is 0 Å². The summed E-state index contributed by atoms with van der Waals surface area (Å²) >= 11 is 0. The van der Waals surface area contributed by atoms with Gasteiger partial charge in [0.05, 0.1) is 12.2 Å². The van der Waals surface area contributed by atoms with Gasteiger partial charge in [-0.15, -0.1) is 0 Å². The molecule has 3 rings (SSSR count). The molecule has 0 radical (unpaired) electrons. The average molecular weight is 242 g/mol. The van der Waals surface area contributed by atoms with E-state index in [1.54, 1.807) is 6.20 Å². The number of rotatable bonds is 4. The van der Waals surface area contributed by atoms with Gasteiger partial charge in [-0.25, -0.2) is 4.98 Å². The molecule has 1 aliphatic rings. The molecule has 0 aromatic carbocycles. The molecule has 2 aromatic heterocycles. The van der Waals surface area contributed by atoms with Crippen LogP contribution in [0.2, 0.25) is 0 Å². The van der Waals surface area contributed by atoms with E-state index in [9.17, 15) is 4.79 Å². The number of aromatic amines is 1. The first kappa shape index (κ1) is 11.0. The Hall–Kier alpha value is -2.17. The Bertz CT molecular complexity index is 589. The zero-order chi connectivity index (χ0) is 12.4. The number of nitrogens with zero attached hydrogens (tertiary/aromatic N) is 2. The second kappa shape index (κ2) is 4.60. The normalized spacial score (nSPS) is 14.4. The Morgan fingerprint density at radius 2 is 2.28 bits per heavy atom. The van der Waals surface area contributed by atoms with Crippen LogP contribution in [0.5, 0.6) is 0 Å². The molecule has 1 saturated carbocycles. The Labute approximate surface area is 104 Å². The van der Waals surface area contributed by atoms with Gasteiger partial charge in [0.15, 0.2) is 0 Å². The molecule has 1 aliphatic carbocycles. The predicted octanol–water partition coefficient (Wildman–Crippen LogP) is 1.65. The van der Waals surface area contributed by atoms with Gasteiger partial charge in [0.1, 0.15) is 11.6 Å². The third kappa shape index (κ3) is 2.56. The first-order chi connectivity index (χ1) is 8.81. The van der Waals surface area contributed by atoms with Gasteiger partial charge in [0.2, 0.25) is 0 Å². The molecule has 0 spiro atoms. The van der Waals surface area contributed by atoms with Crippen molar-refractivity contribution in [3.63, 3.8) is 0 Å². The number of H-pyrrole nitrogens is 1. The maximum absolute atomic E-state index is 11.5. The lowest BCUT2D eigenvalue weighted by molar-refractivity contribution is 0.900. The van der Waals surface area contributed by atoms with Crippen LogP contribution in [0.3, 0.4) is 0 Å². The molecule has 0 unspecified atom stereocenters. The molecule has 2 N–H and O–H groups in total. The van der Waals surface area contributed by atoms with Gasteiger partial charge >= 0.3 is 0 Å². The summed E-state index contributed by atoms with van der Waals surface area (Å²) < 4.78 is 0. The molecule has 2 aromatic rings. The SMILES string of the molecule is O=c1cc(NCc2ccccn2)nc(C2CC2)[nH]1. The van der Waals surface area contributed by atoms with Crippen LogP contribution < -0.4 is 10.9 Å². The maximum atomic E-state index is 11.5. The van der Waals surface area contributed by atoms with Crippen LogP contribution in [0.25, 0.3) is 0 Å². The molecular formula is C13H14N4O. The standard InChI is InChI=1S/C13H14N4O/c18-12-7-11(16-13(17-12)9-4-5-9)15-8-10-3-1-2-6-14-10/h1-3,6-7,9H,4-5,8H2,(H2,15,16,17,18). The number of anilines is 1. The van der Waals surface area contributed by atoms with Crippen molar-refractivity contribution in [1.29, 1.82) is 0 Å². The van der Waals surface area contributed by atoms with Crippen molar-refractivity contribution in [3.8, 4) is 0 Å². The van der Waals surface area contributed by atoms with Gasteiger partial charge in [-0.3, -0.25) is 9.78 Å². The van der Waals surface area contributed by atoms with Gasteiger partial charge < -0.3 is 10.3 Å². The molecule has 0 saturated heterocycles. The molecule has 2 heterocycles. The van der Waals surface area contributed by atoms with E-state index in [1.807, 2.05) is 18.2 Å². The summed E-state index contributed by atoms with van der Waals surface area (Å²) in [6, 6.07) is 7.22. The van der Waals surface area contributed by atoms with E-state index in [4.69, 9.17) is 0 Å². The number of hydrogen-bond donors (Lipinski definition) is 2. The Kier molecular flexibility index (Phi) is 2.80. The zero-order valence-electron chi connectivity index (χ0n) is 9.89. The van der Waals surface area contributed by atoms with E-state index in [2.05, 4.69) is 20.3 Å². The van der Waals surface area contributed by atoms with E-state index >= 15 is 0 Å². The monoisotopic (exact) mass is 242 g/mol. The summed E-state index contributed by atoms with van der Waals surface area (Å²) in [4.78, 5) is 22.9. The molecule has 5 nitrogen and oxygen atoms in total. The van der Waals surface area contributed by atoms with Crippen molar-refractivity contribution in [2.24, 2.45) is 0 Å². The van der Waals surface area contributed by atoms with Gasteiger partial charge in [0, 0.05) is 18.2 Å². The minimum atomic E-state index is -0.101. The number of hydrogen-bond acceptors (Lipinski definition) is 4. The molecule has 18 heavy (non-hydrogen) atoms. The Morgan fingerprint density at radius 3 is 3.00 bits per heavy atom. The third-order valence-electron chi connectivity index (χ3n) is 2.90. The number of aromatic nitrogens is 3. The van der Waals surface area contributed by atoms with Gasteiger partial charge in [-0.1, -0.05) is 6.07 Å². The minimum Gasteiger partial charge on any atom is -0.364 e. The molecule has 0 bridgehead atoms. The summed E-state index contributed by atoms with van der Waals surface area (Å²) in [6.45, 7) is 0.571. The molecular weight excluding hydrogens is 228 g/mol. The lowest BCUT2D eigenvalue weighted by Crippen LogP contribution is -2.13. The second-order valence-corrected chi connectivity index (χ2v) is 4.46. The lowest BCUT2D eigenvalue weighted by atomic mass is 10.3. The average Bonchev–Trinajstić information content (AvgIpc) is 3.21. The minimum absolute atomic E-state index is 0.101.